The number of nitriles is 1. The summed E-state index contributed by atoms with van der Waals surface area (Å²) in [5.74, 6) is -0.844. The molecule has 6 heteroatoms. The van der Waals surface area contributed by atoms with E-state index < -0.39 is 17.3 Å². The number of nitrogens with zero attached hydrogens (tertiary/aromatic N) is 2. The molecule has 2 N–H and O–H groups in total. The number of carbonyl (C=O) groups excluding carboxylic acids is 1. The zero-order valence-corrected chi connectivity index (χ0v) is 13.4. The van der Waals surface area contributed by atoms with E-state index in [1.54, 1.807) is 0 Å². The van der Waals surface area contributed by atoms with Gasteiger partial charge in [-0.3, -0.25) is 4.79 Å². The van der Waals surface area contributed by atoms with E-state index in [4.69, 9.17) is 10.5 Å². The van der Waals surface area contributed by atoms with E-state index in [0.717, 1.165) is 12.0 Å². The highest BCUT2D eigenvalue weighted by molar-refractivity contribution is 5.93. The summed E-state index contributed by atoms with van der Waals surface area (Å²) >= 11 is 0. The van der Waals surface area contributed by atoms with Crippen LogP contribution in [0.25, 0.3) is 11.1 Å². The van der Waals surface area contributed by atoms with E-state index >= 15 is 0 Å². The van der Waals surface area contributed by atoms with Crippen LogP contribution in [0.15, 0.2) is 24.3 Å². The zero-order chi connectivity index (χ0) is 17.5. The van der Waals surface area contributed by atoms with Crippen molar-refractivity contribution in [3.8, 4) is 23.1 Å². The number of amides is 1. The van der Waals surface area contributed by atoms with Crippen molar-refractivity contribution in [1.82, 2.24) is 4.98 Å². The van der Waals surface area contributed by atoms with Crippen LogP contribution in [0.4, 0.5) is 4.39 Å². The van der Waals surface area contributed by atoms with E-state index in [9.17, 15) is 14.4 Å². The van der Waals surface area contributed by atoms with Crippen molar-refractivity contribution in [3.05, 3.63) is 46.9 Å². The van der Waals surface area contributed by atoms with E-state index in [2.05, 4.69) is 4.98 Å². The van der Waals surface area contributed by atoms with E-state index in [0.29, 0.717) is 23.4 Å². The molecule has 0 radical (unpaired) electrons. The molecule has 0 spiro atoms. The molecule has 1 aromatic carbocycles. The number of primary amides is 1. The molecule has 1 amide bonds. The van der Waals surface area contributed by atoms with E-state index in [1.807, 2.05) is 19.9 Å². The molecule has 1 aliphatic heterocycles. The van der Waals surface area contributed by atoms with Gasteiger partial charge in [-0.2, -0.15) is 5.26 Å². The maximum Gasteiger partial charge on any atom is 0.267 e. The van der Waals surface area contributed by atoms with Crippen molar-refractivity contribution < 1.29 is 13.9 Å². The second-order valence-electron chi connectivity index (χ2n) is 6.37. The number of carbonyl (C=O) groups is 1. The Morgan fingerprint density at radius 2 is 2.12 bits per heavy atom. The maximum absolute atomic E-state index is 13.4. The summed E-state index contributed by atoms with van der Waals surface area (Å²) in [6.45, 7) is 3.87. The standard InChI is InChI=1S/C18H16FN3O2/c1-18(2)6-5-13-14(8-15(16(21)23)22-17(13)24-18)12-4-3-11(19)7-10(12)9-20/h3-4,7-8H,5-6H2,1-2H3,(H2,21,23). The molecule has 0 saturated heterocycles. The van der Waals surface area contributed by atoms with Gasteiger partial charge in [-0.15, -0.1) is 0 Å². The van der Waals surface area contributed by atoms with Gasteiger partial charge >= 0.3 is 0 Å². The molecule has 0 atom stereocenters. The molecule has 3 rings (SSSR count). The van der Waals surface area contributed by atoms with Crippen molar-refractivity contribution in [2.45, 2.75) is 32.3 Å². The van der Waals surface area contributed by atoms with Crippen LogP contribution < -0.4 is 10.5 Å². The third kappa shape index (κ3) is 2.81. The number of rotatable bonds is 2. The van der Waals surface area contributed by atoms with Crippen LogP contribution in [0.2, 0.25) is 0 Å². The minimum atomic E-state index is -0.688. The lowest BCUT2D eigenvalue weighted by Crippen LogP contribution is -2.34. The summed E-state index contributed by atoms with van der Waals surface area (Å²) in [5.41, 5.74) is 7.15. The number of fused-ring (bicyclic) bond motifs is 1. The number of hydrogen-bond donors (Lipinski definition) is 1. The third-order valence-corrected chi connectivity index (χ3v) is 4.08. The van der Waals surface area contributed by atoms with Crippen LogP contribution in [-0.4, -0.2) is 16.5 Å². The first-order valence-corrected chi connectivity index (χ1v) is 7.53. The first kappa shape index (κ1) is 15.9. The molecule has 2 heterocycles. The topological polar surface area (TPSA) is 89.0 Å². The number of nitrogens with two attached hydrogens (primary N) is 1. The van der Waals surface area contributed by atoms with Gasteiger partial charge in [0.15, 0.2) is 0 Å². The predicted octanol–water partition coefficient (Wildman–Crippen LogP) is 2.96. The minimum Gasteiger partial charge on any atom is -0.471 e. The van der Waals surface area contributed by atoms with Gasteiger partial charge in [0.2, 0.25) is 5.88 Å². The molecule has 0 unspecified atom stereocenters. The van der Waals surface area contributed by atoms with Gasteiger partial charge in [0.1, 0.15) is 17.1 Å². The molecule has 122 valence electrons. The molecule has 24 heavy (non-hydrogen) atoms. The number of aromatic nitrogens is 1. The maximum atomic E-state index is 13.4. The van der Waals surface area contributed by atoms with Gasteiger partial charge < -0.3 is 10.5 Å². The highest BCUT2D eigenvalue weighted by Gasteiger charge is 2.31. The van der Waals surface area contributed by atoms with E-state index in [-0.39, 0.29) is 11.3 Å². The molecule has 0 bridgehead atoms. The SMILES string of the molecule is CC1(C)CCc2c(-c3ccc(F)cc3C#N)cc(C(N)=O)nc2O1. The third-order valence-electron chi connectivity index (χ3n) is 4.08. The summed E-state index contributed by atoms with van der Waals surface area (Å²) < 4.78 is 19.3. The Hall–Kier alpha value is -2.94. The first-order valence-electron chi connectivity index (χ1n) is 7.53. The van der Waals surface area contributed by atoms with Crippen LogP contribution in [-0.2, 0) is 6.42 Å². The molecule has 0 saturated carbocycles. The fourth-order valence-corrected chi connectivity index (χ4v) is 2.82. The van der Waals surface area contributed by atoms with E-state index in [1.165, 1.54) is 24.3 Å². The average molecular weight is 325 g/mol. The summed E-state index contributed by atoms with van der Waals surface area (Å²) in [5, 5.41) is 9.31. The molecule has 0 fully saturated rings. The monoisotopic (exact) mass is 325 g/mol. The molecule has 5 nitrogen and oxygen atoms in total. The quantitative estimate of drug-likeness (QED) is 0.919. The van der Waals surface area contributed by atoms with Gasteiger partial charge in [0.25, 0.3) is 5.91 Å². The van der Waals surface area contributed by atoms with Crippen LogP contribution >= 0.6 is 0 Å². The fourth-order valence-electron chi connectivity index (χ4n) is 2.82. The van der Waals surface area contributed by atoms with Crippen molar-refractivity contribution >= 4 is 5.91 Å². The lowest BCUT2D eigenvalue weighted by atomic mass is 9.89. The van der Waals surface area contributed by atoms with Crippen LogP contribution in [0.5, 0.6) is 5.88 Å². The molecule has 1 aromatic heterocycles. The largest absolute Gasteiger partial charge is 0.471 e. The first-order chi connectivity index (χ1) is 11.3. The average Bonchev–Trinajstić information content (AvgIpc) is 2.52. The Morgan fingerprint density at radius 1 is 1.38 bits per heavy atom. The summed E-state index contributed by atoms with van der Waals surface area (Å²) in [6.07, 6.45) is 1.43. The molecule has 2 aromatic rings. The van der Waals surface area contributed by atoms with Gasteiger partial charge in [-0.1, -0.05) is 6.07 Å². The molecular weight excluding hydrogens is 309 g/mol. The number of pyridine rings is 1. The summed E-state index contributed by atoms with van der Waals surface area (Å²) in [4.78, 5) is 15.8. The second-order valence-corrected chi connectivity index (χ2v) is 6.37. The molecule has 0 aliphatic carbocycles. The van der Waals surface area contributed by atoms with Crippen LogP contribution in [0, 0.1) is 17.1 Å². The Bertz CT molecular complexity index is 885. The fraction of sp³-hybridized carbons (Fsp3) is 0.278. The Labute approximate surface area is 138 Å². The highest BCUT2D eigenvalue weighted by Crippen LogP contribution is 2.39. The second kappa shape index (κ2) is 5.60. The number of hydrogen-bond acceptors (Lipinski definition) is 4. The normalized spacial score (nSPS) is 15.1. The predicted molar refractivity (Wildman–Crippen MR) is 85.9 cm³/mol. The minimum absolute atomic E-state index is 0.0506. The number of ether oxygens (including phenoxy) is 1. The molecular formula is C18H16FN3O2. The Balaban J connectivity index is 2.27. The Morgan fingerprint density at radius 3 is 2.79 bits per heavy atom. The van der Waals surface area contributed by atoms with Gasteiger partial charge in [-0.05, 0) is 50.5 Å². The number of halogens is 1. The van der Waals surface area contributed by atoms with Crippen molar-refractivity contribution in [2.75, 3.05) is 0 Å². The molecule has 1 aliphatic rings. The van der Waals surface area contributed by atoms with Crippen molar-refractivity contribution in [1.29, 1.82) is 5.26 Å². The van der Waals surface area contributed by atoms with Gasteiger partial charge in [0, 0.05) is 11.1 Å². The number of benzene rings is 1. The van der Waals surface area contributed by atoms with Gasteiger partial charge in [-0.25, -0.2) is 9.37 Å². The lowest BCUT2D eigenvalue weighted by Gasteiger charge is -2.33. The van der Waals surface area contributed by atoms with Crippen LogP contribution in [0.1, 0.15) is 41.9 Å². The lowest BCUT2D eigenvalue weighted by molar-refractivity contribution is 0.0774. The van der Waals surface area contributed by atoms with Crippen molar-refractivity contribution in [2.24, 2.45) is 5.73 Å². The Kier molecular flexibility index (Phi) is 3.72. The summed E-state index contributed by atoms with van der Waals surface area (Å²) in [7, 11) is 0. The van der Waals surface area contributed by atoms with Crippen molar-refractivity contribution in [3.63, 3.8) is 0 Å². The highest BCUT2D eigenvalue weighted by atomic mass is 19.1. The zero-order valence-electron chi connectivity index (χ0n) is 13.4. The van der Waals surface area contributed by atoms with Gasteiger partial charge in [0.05, 0.1) is 11.6 Å². The van der Waals surface area contributed by atoms with Crippen LogP contribution in [0.3, 0.4) is 0 Å². The summed E-state index contributed by atoms with van der Waals surface area (Å²) in [6, 6.07) is 7.49. The smallest absolute Gasteiger partial charge is 0.267 e.